The molecule has 0 saturated carbocycles. The van der Waals surface area contributed by atoms with E-state index in [9.17, 15) is 4.79 Å². The summed E-state index contributed by atoms with van der Waals surface area (Å²) in [5.41, 5.74) is 1.76. The third kappa shape index (κ3) is 3.26. The molecule has 0 saturated heterocycles. The van der Waals surface area contributed by atoms with Crippen LogP contribution in [-0.2, 0) is 6.61 Å². The number of hydrogen-bond donors (Lipinski definition) is 0. The normalized spacial score (nSPS) is 10.8. The molecule has 20 heavy (non-hydrogen) atoms. The molecule has 0 amide bonds. The lowest BCUT2D eigenvalue weighted by Gasteiger charge is -2.12. The van der Waals surface area contributed by atoms with Crippen LogP contribution in [0.25, 0.3) is 0 Å². The molecule has 4 heteroatoms. The predicted molar refractivity (Wildman–Crippen MR) is 78.0 cm³/mol. The number of aromatic nitrogens is 2. The van der Waals surface area contributed by atoms with Crippen LogP contribution in [0.5, 0.6) is 5.75 Å². The average molecular weight is 272 g/mol. The van der Waals surface area contributed by atoms with Gasteiger partial charge in [0.1, 0.15) is 12.4 Å². The summed E-state index contributed by atoms with van der Waals surface area (Å²) in [5.74, 6) is 0.906. The lowest BCUT2D eigenvalue weighted by molar-refractivity contribution is 0.0988. The standard InChI is InChI=1S/C16H20N2O2/c1-4-16(19)13-5-7-15(8-6-13)20-10-14-9-17-11-18(14)12(2)3/h5-9,11-12H,4,10H2,1-3H3. The zero-order valence-corrected chi connectivity index (χ0v) is 12.2. The lowest BCUT2D eigenvalue weighted by Crippen LogP contribution is -2.07. The van der Waals surface area contributed by atoms with Gasteiger partial charge >= 0.3 is 0 Å². The minimum Gasteiger partial charge on any atom is -0.487 e. The maximum atomic E-state index is 11.5. The largest absolute Gasteiger partial charge is 0.487 e. The fourth-order valence-corrected chi connectivity index (χ4v) is 2.01. The van der Waals surface area contributed by atoms with Crippen LogP contribution < -0.4 is 4.74 Å². The Bertz CT molecular complexity index is 570. The summed E-state index contributed by atoms with van der Waals surface area (Å²) in [6, 6.07) is 7.64. The van der Waals surface area contributed by atoms with Crippen LogP contribution in [0.2, 0.25) is 0 Å². The van der Waals surface area contributed by atoms with Gasteiger partial charge in [0, 0.05) is 18.0 Å². The lowest BCUT2D eigenvalue weighted by atomic mass is 10.1. The van der Waals surface area contributed by atoms with Gasteiger partial charge < -0.3 is 9.30 Å². The van der Waals surface area contributed by atoms with Crippen molar-refractivity contribution in [3.63, 3.8) is 0 Å². The summed E-state index contributed by atoms with van der Waals surface area (Å²) in [7, 11) is 0. The number of rotatable bonds is 6. The number of ether oxygens (including phenoxy) is 1. The van der Waals surface area contributed by atoms with Crippen molar-refractivity contribution >= 4 is 5.78 Å². The van der Waals surface area contributed by atoms with Crippen molar-refractivity contribution < 1.29 is 9.53 Å². The van der Waals surface area contributed by atoms with Crippen LogP contribution in [0, 0.1) is 0 Å². The van der Waals surface area contributed by atoms with Crippen molar-refractivity contribution in [3.8, 4) is 5.75 Å². The Morgan fingerprint density at radius 1 is 1.30 bits per heavy atom. The summed E-state index contributed by atoms with van der Waals surface area (Å²) in [5, 5.41) is 0. The molecule has 0 atom stereocenters. The van der Waals surface area contributed by atoms with E-state index in [0.29, 0.717) is 19.1 Å². The molecular weight excluding hydrogens is 252 g/mol. The number of nitrogens with zero attached hydrogens (tertiary/aromatic N) is 2. The molecule has 0 aliphatic carbocycles. The second-order valence-corrected chi connectivity index (χ2v) is 4.98. The molecule has 0 fully saturated rings. The first-order chi connectivity index (χ1) is 9.61. The highest BCUT2D eigenvalue weighted by Crippen LogP contribution is 2.16. The highest BCUT2D eigenvalue weighted by molar-refractivity contribution is 5.95. The maximum Gasteiger partial charge on any atom is 0.162 e. The molecule has 1 heterocycles. The van der Waals surface area contributed by atoms with E-state index in [1.807, 2.05) is 31.6 Å². The topological polar surface area (TPSA) is 44.1 Å². The molecule has 2 aromatic rings. The van der Waals surface area contributed by atoms with E-state index in [1.54, 1.807) is 12.1 Å². The zero-order valence-electron chi connectivity index (χ0n) is 12.2. The van der Waals surface area contributed by atoms with E-state index in [4.69, 9.17) is 4.74 Å². The average Bonchev–Trinajstić information content (AvgIpc) is 2.93. The van der Waals surface area contributed by atoms with Gasteiger partial charge in [0.2, 0.25) is 0 Å². The second kappa shape index (κ2) is 6.37. The Morgan fingerprint density at radius 3 is 2.60 bits per heavy atom. The summed E-state index contributed by atoms with van der Waals surface area (Å²) in [6.07, 6.45) is 4.15. The highest BCUT2D eigenvalue weighted by atomic mass is 16.5. The van der Waals surface area contributed by atoms with E-state index in [2.05, 4.69) is 23.4 Å². The van der Waals surface area contributed by atoms with E-state index in [0.717, 1.165) is 17.0 Å². The number of imidazole rings is 1. The maximum absolute atomic E-state index is 11.5. The van der Waals surface area contributed by atoms with Gasteiger partial charge in [-0.1, -0.05) is 6.92 Å². The molecular formula is C16H20N2O2. The summed E-state index contributed by atoms with van der Waals surface area (Å²) in [6.45, 7) is 6.55. The molecule has 2 rings (SSSR count). The second-order valence-electron chi connectivity index (χ2n) is 4.98. The molecule has 0 bridgehead atoms. The third-order valence-corrected chi connectivity index (χ3v) is 3.19. The Morgan fingerprint density at radius 2 is 2.00 bits per heavy atom. The van der Waals surface area contributed by atoms with Crippen molar-refractivity contribution in [2.45, 2.75) is 39.8 Å². The van der Waals surface area contributed by atoms with Gasteiger partial charge in [0.25, 0.3) is 0 Å². The Labute approximate surface area is 119 Å². The van der Waals surface area contributed by atoms with Gasteiger partial charge in [-0.3, -0.25) is 4.79 Å². The van der Waals surface area contributed by atoms with Crippen LogP contribution in [0.1, 0.15) is 49.3 Å². The monoisotopic (exact) mass is 272 g/mol. The minimum absolute atomic E-state index is 0.148. The van der Waals surface area contributed by atoms with Crippen LogP contribution in [0.3, 0.4) is 0 Å². The van der Waals surface area contributed by atoms with Crippen LogP contribution in [0.15, 0.2) is 36.8 Å². The Balaban J connectivity index is 2.00. The number of Topliss-reactive ketones (excluding diaryl/α,β-unsaturated/α-hetero) is 1. The van der Waals surface area contributed by atoms with E-state index < -0.39 is 0 Å². The van der Waals surface area contributed by atoms with E-state index in [-0.39, 0.29) is 5.78 Å². The SMILES string of the molecule is CCC(=O)c1ccc(OCc2cncn2C(C)C)cc1. The first-order valence-electron chi connectivity index (χ1n) is 6.88. The quantitative estimate of drug-likeness (QED) is 0.754. The minimum atomic E-state index is 0.148. The molecule has 0 radical (unpaired) electrons. The van der Waals surface area contributed by atoms with Crippen molar-refractivity contribution in [3.05, 3.63) is 48.0 Å². The number of ketones is 1. The molecule has 4 nitrogen and oxygen atoms in total. The summed E-state index contributed by atoms with van der Waals surface area (Å²) in [4.78, 5) is 15.7. The first kappa shape index (κ1) is 14.3. The van der Waals surface area contributed by atoms with Gasteiger partial charge in [0.05, 0.1) is 18.2 Å². The fourth-order valence-electron chi connectivity index (χ4n) is 2.01. The third-order valence-electron chi connectivity index (χ3n) is 3.19. The van der Waals surface area contributed by atoms with Crippen LogP contribution in [-0.4, -0.2) is 15.3 Å². The highest BCUT2D eigenvalue weighted by Gasteiger charge is 2.07. The van der Waals surface area contributed by atoms with Crippen molar-refractivity contribution in [1.29, 1.82) is 0 Å². The molecule has 1 aromatic carbocycles. The summed E-state index contributed by atoms with van der Waals surface area (Å²) >= 11 is 0. The molecule has 0 N–H and O–H groups in total. The number of hydrogen-bond acceptors (Lipinski definition) is 3. The van der Waals surface area contributed by atoms with Gasteiger partial charge in [0.15, 0.2) is 5.78 Å². The van der Waals surface area contributed by atoms with Gasteiger partial charge in [-0.2, -0.15) is 0 Å². The van der Waals surface area contributed by atoms with Crippen LogP contribution >= 0.6 is 0 Å². The van der Waals surface area contributed by atoms with Crippen molar-refractivity contribution in [2.24, 2.45) is 0 Å². The van der Waals surface area contributed by atoms with Gasteiger partial charge in [-0.15, -0.1) is 0 Å². The van der Waals surface area contributed by atoms with Gasteiger partial charge in [-0.05, 0) is 38.1 Å². The molecule has 0 aliphatic heterocycles. The number of carbonyl (C=O) groups is 1. The molecule has 0 spiro atoms. The zero-order chi connectivity index (χ0) is 14.5. The van der Waals surface area contributed by atoms with E-state index in [1.165, 1.54) is 0 Å². The molecule has 1 aromatic heterocycles. The molecule has 0 aliphatic rings. The van der Waals surface area contributed by atoms with Crippen LogP contribution in [0.4, 0.5) is 0 Å². The first-order valence-corrected chi connectivity index (χ1v) is 6.88. The van der Waals surface area contributed by atoms with E-state index >= 15 is 0 Å². The van der Waals surface area contributed by atoms with Gasteiger partial charge in [-0.25, -0.2) is 4.98 Å². The summed E-state index contributed by atoms with van der Waals surface area (Å²) < 4.78 is 7.82. The fraction of sp³-hybridized carbons (Fsp3) is 0.375. The smallest absolute Gasteiger partial charge is 0.162 e. The Hall–Kier alpha value is -2.10. The molecule has 106 valence electrons. The van der Waals surface area contributed by atoms with Crippen molar-refractivity contribution in [2.75, 3.05) is 0 Å². The predicted octanol–water partition coefficient (Wildman–Crippen LogP) is 3.64. The van der Waals surface area contributed by atoms with Crippen molar-refractivity contribution in [1.82, 2.24) is 9.55 Å². The molecule has 0 unspecified atom stereocenters. The number of carbonyl (C=O) groups excluding carboxylic acids is 1. The number of benzene rings is 1. The Kier molecular flexibility index (Phi) is 4.56.